The quantitative estimate of drug-likeness (QED) is 0.865. The Hall–Kier alpha value is -2.57. The third-order valence-corrected chi connectivity index (χ3v) is 4.44. The average Bonchev–Trinajstić information content (AvgIpc) is 3.32. The van der Waals surface area contributed by atoms with Gasteiger partial charge in [-0.05, 0) is 36.6 Å². The predicted molar refractivity (Wildman–Crippen MR) is 81.4 cm³/mol. The molecule has 1 saturated carbocycles. The van der Waals surface area contributed by atoms with Crippen molar-refractivity contribution >= 4 is 23.5 Å². The van der Waals surface area contributed by atoms with Crippen LogP contribution < -0.4 is 4.90 Å². The van der Waals surface area contributed by atoms with Crippen LogP contribution in [0.1, 0.15) is 35.2 Å². The molecule has 1 atom stereocenters. The smallest absolute Gasteiger partial charge is 0.335 e. The number of carboxylic acid groups (broad SMARTS) is 2. The monoisotopic (exact) mass is 318 g/mol. The van der Waals surface area contributed by atoms with Gasteiger partial charge in [-0.1, -0.05) is 0 Å². The molecule has 23 heavy (non-hydrogen) atoms. The normalized spacial score (nSPS) is 20.9. The van der Waals surface area contributed by atoms with Crippen molar-refractivity contribution < 1.29 is 24.6 Å². The summed E-state index contributed by atoms with van der Waals surface area (Å²) in [6.45, 7) is 0.320. The summed E-state index contributed by atoms with van der Waals surface area (Å²) in [4.78, 5) is 38.4. The van der Waals surface area contributed by atoms with Crippen LogP contribution in [0, 0.1) is 0 Å². The molecule has 1 aliphatic heterocycles. The maximum absolute atomic E-state index is 12.8. The van der Waals surface area contributed by atoms with Gasteiger partial charge in [-0.25, -0.2) is 4.79 Å². The minimum Gasteiger partial charge on any atom is -0.481 e. The second-order valence-electron chi connectivity index (χ2n) is 6.07. The van der Waals surface area contributed by atoms with Crippen LogP contribution in [0.25, 0.3) is 0 Å². The number of aliphatic carboxylic acids is 1. The van der Waals surface area contributed by atoms with E-state index in [1.54, 1.807) is 29.0 Å². The van der Waals surface area contributed by atoms with Crippen LogP contribution in [-0.2, 0) is 16.1 Å². The van der Waals surface area contributed by atoms with E-state index in [0.29, 0.717) is 12.2 Å². The number of anilines is 1. The Kier molecular flexibility index (Phi) is 3.71. The molecule has 2 N–H and O–H groups in total. The van der Waals surface area contributed by atoms with Crippen molar-refractivity contribution in [3.8, 4) is 0 Å². The van der Waals surface area contributed by atoms with E-state index in [2.05, 4.69) is 0 Å². The first kappa shape index (κ1) is 15.3. The van der Waals surface area contributed by atoms with E-state index >= 15 is 0 Å². The van der Waals surface area contributed by atoms with Crippen molar-refractivity contribution in [3.05, 3.63) is 29.3 Å². The summed E-state index contributed by atoms with van der Waals surface area (Å²) in [5.74, 6) is -2.26. The number of nitrogens with zero attached hydrogens (tertiary/aromatic N) is 2. The molecule has 1 aromatic carbocycles. The Morgan fingerprint density at radius 2 is 1.96 bits per heavy atom. The zero-order chi connectivity index (χ0) is 16.7. The number of carboxylic acids is 2. The highest BCUT2D eigenvalue weighted by Gasteiger charge is 2.41. The average molecular weight is 318 g/mol. The fourth-order valence-electron chi connectivity index (χ4n) is 3.06. The highest BCUT2D eigenvalue weighted by atomic mass is 16.4. The van der Waals surface area contributed by atoms with Crippen molar-refractivity contribution in [1.29, 1.82) is 0 Å². The summed E-state index contributed by atoms with van der Waals surface area (Å²) < 4.78 is 0. The molecule has 0 bridgehead atoms. The molecule has 122 valence electrons. The number of carbonyl (C=O) groups is 3. The summed E-state index contributed by atoms with van der Waals surface area (Å²) in [7, 11) is 1.68. The molecule has 1 unspecified atom stereocenters. The fourth-order valence-corrected chi connectivity index (χ4v) is 3.06. The van der Waals surface area contributed by atoms with Crippen LogP contribution in [0.2, 0.25) is 0 Å². The van der Waals surface area contributed by atoms with Gasteiger partial charge >= 0.3 is 11.9 Å². The molecule has 0 radical (unpaired) electrons. The summed E-state index contributed by atoms with van der Waals surface area (Å²) in [5.41, 5.74) is 1.61. The molecule has 1 heterocycles. The van der Waals surface area contributed by atoms with Gasteiger partial charge in [0.05, 0.1) is 12.0 Å². The molecular weight excluding hydrogens is 300 g/mol. The summed E-state index contributed by atoms with van der Waals surface area (Å²) in [5, 5.41) is 18.3. The lowest BCUT2D eigenvalue weighted by molar-refractivity contribution is -0.142. The van der Waals surface area contributed by atoms with E-state index in [9.17, 15) is 14.4 Å². The maximum Gasteiger partial charge on any atom is 0.335 e. The van der Waals surface area contributed by atoms with Crippen LogP contribution in [0.15, 0.2) is 18.2 Å². The minimum absolute atomic E-state index is 0.131. The minimum atomic E-state index is -1.03. The van der Waals surface area contributed by atoms with E-state index < -0.39 is 18.0 Å². The molecule has 7 heteroatoms. The SMILES string of the molecule is CN1c2ccc(C(=O)O)cc2CN(C2CC2)C(=O)C1CC(=O)O. The molecule has 1 aliphatic carbocycles. The first-order valence-corrected chi connectivity index (χ1v) is 7.50. The molecule has 7 nitrogen and oxygen atoms in total. The van der Waals surface area contributed by atoms with Crippen molar-refractivity contribution in [2.45, 2.75) is 37.9 Å². The van der Waals surface area contributed by atoms with E-state index in [1.165, 1.54) is 6.07 Å². The third kappa shape index (κ3) is 2.86. The first-order chi connectivity index (χ1) is 10.9. The van der Waals surface area contributed by atoms with Gasteiger partial charge in [0.2, 0.25) is 5.91 Å². The Morgan fingerprint density at radius 1 is 1.26 bits per heavy atom. The summed E-state index contributed by atoms with van der Waals surface area (Å²) in [6, 6.07) is 4.06. The molecule has 0 aromatic heterocycles. The van der Waals surface area contributed by atoms with Crippen molar-refractivity contribution in [2.24, 2.45) is 0 Å². The lowest BCUT2D eigenvalue weighted by Crippen LogP contribution is -2.46. The zero-order valence-electron chi connectivity index (χ0n) is 12.7. The van der Waals surface area contributed by atoms with E-state index in [-0.39, 0.29) is 23.9 Å². The van der Waals surface area contributed by atoms with Crippen molar-refractivity contribution in [1.82, 2.24) is 4.90 Å². The molecule has 1 fully saturated rings. The van der Waals surface area contributed by atoms with Crippen LogP contribution in [0.4, 0.5) is 5.69 Å². The number of hydrogen-bond donors (Lipinski definition) is 2. The number of benzene rings is 1. The maximum atomic E-state index is 12.8. The van der Waals surface area contributed by atoms with Gasteiger partial charge in [-0.3, -0.25) is 9.59 Å². The number of carbonyl (C=O) groups excluding carboxylic acids is 1. The lowest BCUT2D eigenvalue weighted by atomic mass is 10.1. The number of rotatable bonds is 4. The van der Waals surface area contributed by atoms with Gasteiger partial charge in [0, 0.05) is 25.3 Å². The number of aromatic carboxylic acids is 1. The van der Waals surface area contributed by atoms with Gasteiger partial charge in [0.25, 0.3) is 0 Å². The first-order valence-electron chi connectivity index (χ1n) is 7.50. The predicted octanol–water partition coefficient (Wildman–Crippen LogP) is 1.17. The standard InChI is InChI=1S/C16H18N2O5/c1-17-12-5-2-9(16(22)23)6-10(12)8-18(11-3-4-11)15(21)13(17)7-14(19)20/h2,5-6,11,13H,3-4,7-8H2,1H3,(H,19,20)(H,22,23). The largest absolute Gasteiger partial charge is 0.481 e. The second kappa shape index (κ2) is 5.57. The number of fused-ring (bicyclic) bond motifs is 1. The molecular formula is C16H18N2O5. The second-order valence-corrected chi connectivity index (χ2v) is 6.07. The number of likely N-dealkylation sites (N-methyl/N-ethyl adjacent to an activating group) is 1. The molecule has 1 aromatic rings. The van der Waals surface area contributed by atoms with Crippen molar-refractivity contribution in [2.75, 3.05) is 11.9 Å². The van der Waals surface area contributed by atoms with Gasteiger partial charge in [0.1, 0.15) is 6.04 Å². The van der Waals surface area contributed by atoms with Gasteiger partial charge in [0.15, 0.2) is 0 Å². The summed E-state index contributed by atoms with van der Waals surface area (Å²) >= 11 is 0. The van der Waals surface area contributed by atoms with E-state index in [0.717, 1.165) is 18.4 Å². The molecule has 3 rings (SSSR count). The van der Waals surface area contributed by atoms with Crippen LogP contribution in [-0.4, -0.2) is 52.1 Å². The van der Waals surface area contributed by atoms with E-state index in [1.807, 2.05) is 0 Å². The van der Waals surface area contributed by atoms with Crippen LogP contribution in [0.3, 0.4) is 0 Å². The fraction of sp³-hybridized carbons (Fsp3) is 0.438. The molecule has 1 amide bonds. The summed E-state index contributed by atoms with van der Waals surface area (Å²) in [6.07, 6.45) is 1.53. The van der Waals surface area contributed by atoms with E-state index in [4.69, 9.17) is 10.2 Å². The lowest BCUT2D eigenvalue weighted by Gasteiger charge is -2.28. The number of amides is 1. The van der Waals surface area contributed by atoms with Gasteiger partial charge in [-0.15, -0.1) is 0 Å². The topological polar surface area (TPSA) is 98.2 Å². The third-order valence-electron chi connectivity index (χ3n) is 4.44. The van der Waals surface area contributed by atoms with Gasteiger partial charge in [-0.2, -0.15) is 0 Å². The number of hydrogen-bond acceptors (Lipinski definition) is 4. The Balaban J connectivity index is 2.05. The Morgan fingerprint density at radius 3 is 2.52 bits per heavy atom. The van der Waals surface area contributed by atoms with Crippen LogP contribution >= 0.6 is 0 Å². The van der Waals surface area contributed by atoms with Gasteiger partial charge < -0.3 is 20.0 Å². The highest BCUT2D eigenvalue weighted by molar-refractivity contribution is 5.92. The zero-order valence-corrected chi connectivity index (χ0v) is 12.7. The Labute approximate surface area is 133 Å². The molecule has 0 spiro atoms. The molecule has 0 saturated heterocycles. The van der Waals surface area contributed by atoms with Crippen molar-refractivity contribution in [3.63, 3.8) is 0 Å². The molecule has 2 aliphatic rings. The van der Waals surface area contributed by atoms with Crippen LogP contribution in [0.5, 0.6) is 0 Å². The Bertz CT molecular complexity index is 683. The highest BCUT2D eigenvalue weighted by Crippen LogP contribution is 2.35.